The van der Waals surface area contributed by atoms with Gasteiger partial charge < -0.3 is 4.90 Å². The Morgan fingerprint density at radius 1 is 1.20 bits per heavy atom. The van der Waals surface area contributed by atoms with Crippen molar-refractivity contribution < 1.29 is 9.18 Å². The molecule has 4 rings (SSSR count). The quantitative estimate of drug-likeness (QED) is 0.721. The summed E-state index contributed by atoms with van der Waals surface area (Å²) in [7, 11) is 0. The first kappa shape index (κ1) is 15.4. The summed E-state index contributed by atoms with van der Waals surface area (Å²) in [6.45, 7) is 2.94. The smallest absolute Gasteiger partial charge is 0.256 e. The number of benzene rings is 1. The van der Waals surface area contributed by atoms with Crippen molar-refractivity contribution in [2.45, 2.75) is 19.5 Å². The summed E-state index contributed by atoms with van der Waals surface area (Å²) in [5.74, 6) is 0.590. The summed E-state index contributed by atoms with van der Waals surface area (Å²) in [5.41, 5.74) is 1.17. The van der Waals surface area contributed by atoms with E-state index in [2.05, 4.69) is 15.1 Å². The molecule has 0 unspecified atom stereocenters. The van der Waals surface area contributed by atoms with E-state index >= 15 is 0 Å². The lowest BCUT2D eigenvalue weighted by Gasteiger charge is -2.32. The maximum atomic E-state index is 13.4. The number of carbonyl (C=O) groups is 1. The van der Waals surface area contributed by atoms with Crippen LogP contribution in [0.15, 0.2) is 48.8 Å². The Kier molecular flexibility index (Phi) is 3.76. The minimum Gasteiger partial charge on any atom is -0.327 e. The summed E-state index contributed by atoms with van der Waals surface area (Å²) in [4.78, 5) is 22.8. The molecule has 1 atom stereocenters. The number of fused-ring (bicyclic) bond motifs is 1. The third-order valence-electron chi connectivity index (χ3n) is 4.34. The van der Waals surface area contributed by atoms with E-state index in [4.69, 9.17) is 0 Å². The fraction of sp³-hybridized carbons (Fsp3) is 0.222. The standard InChI is InChI=1S/C18H16FN5O/c1-12-17-21-16(13-5-3-2-4-6-13)22-24(17)8-7-23(12)18(25)14-9-15(19)11-20-10-14/h2-6,9-12H,7-8H2,1H3/t12-/m0/s1. The van der Waals surface area contributed by atoms with Crippen LogP contribution in [0.3, 0.4) is 0 Å². The number of hydrogen-bond donors (Lipinski definition) is 0. The Morgan fingerprint density at radius 2 is 2.00 bits per heavy atom. The molecule has 1 aromatic carbocycles. The average molecular weight is 337 g/mol. The van der Waals surface area contributed by atoms with E-state index in [-0.39, 0.29) is 17.5 Å². The first-order valence-corrected chi connectivity index (χ1v) is 8.05. The molecule has 1 aliphatic heterocycles. The molecular formula is C18H16FN5O. The molecule has 0 spiro atoms. The number of aromatic nitrogens is 4. The lowest BCUT2D eigenvalue weighted by Crippen LogP contribution is -2.41. The first-order chi connectivity index (χ1) is 12.1. The molecule has 2 aromatic heterocycles. The van der Waals surface area contributed by atoms with E-state index < -0.39 is 5.82 Å². The number of nitrogens with zero attached hydrogens (tertiary/aromatic N) is 5. The number of amides is 1. The van der Waals surface area contributed by atoms with Crippen LogP contribution in [0.5, 0.6) is 0 Å². The highest BCUT2D eigenvalue weighted by molar-refractivity contribution is 5.94. The van der Waals surface area contributed by atoms with E-state index in [9.17, 15) is 9.18 Å². The summed E-state index contributed by atoms with van der Waals surface area (Å²) in [5, 5.41) is 4.55. The molecule has 7 heteroatoms. The molecule has 0 radical (unpaired) electrons. The third kappa shape index (κ3) is 2.77. The molecule has 0 fully saturated rings. The van der Waals surface area contributed by atoms with Gasteiger partial charge >= 0.3 is 0 Å². The Bertz CT molecular complexity index is 924. The van der Waals surface area contributed by atoms with Crippen molar-refractivity contribution in [3.8, 4) is 11.4 Å². The fourth-order valence-electron chi connectivity index (χ4n) is 3.04. The summed E-state index contributed by atoms with van der Waals surface area (Å²) >= 11 is 0. The molecule has 0 N–H and O–H groups in total. The first-order valence-electron chi connectivity index (χ1n) is 8.05. The van der Waals surface area contributed by atoms with Crippen molar-refractivity contribution in [2.75, 3.05) is 6.54 Å². The maximum Gasteiger partial charge on any atom is 0.256 e. The second-order valence-corrected chi connectivity index (χ2v) is 5.95. The van der Waals surface area contributed by atoms with Crippen molar-refractivity contribution in [3.63, 3.8) is 0 Å². The lowest BCUT2D eigenvalue weighted by molar-refractivity contribution is 0.0629. The van der Waals surface area contributed by atoms with E-state index in [0.29, 0.717) is 18.9 Å². The van der Waals surface area contributed by atoms with E-state index in [1.54, 1.807) is 4.90 Å². The molecular weight excluding hydrogens is 321 g/mol. The van der Waals surface area contributed by atoms with Gasteiger partial charge in [-0.15, -0.1) is 0 Å². The van der Waals surface area contributed by atoms with Gasteiger partial charge in [0, 0.05) is 18.3 Å². The topological polar surface area (TPSA) is 63.9 Å². The Balaban J connectivity index is 1.64. The number of rotatable bonds is 2. The van der Waals surface area contributed by atoms with Gasteiger partial charge in [0.05, 0.1) is 24.3 Å². The second kappa shape index (κ2) is 6.08. The molecule has 3 aromatic rings. The van der Waals surface area contributed by atoms with Gasteiger partial charge in [-0.25, -0.2) is 14.1 Å². The van der Waals surface area contributed by atoms with Crippen molar-refractivity contribution in [1.29, 1.82) is 0 Å². The fourth-order valence-corrected chi connectivity index (χ4v) is 3.04. The van der Waals surface area contributed by atoms with Crippen LogP contribution in [0.4, 0.5) is 4.39 Å². The van der Waals surface area contributed by atoms with Crippen LogP contribution in [-0.4, -0.2) is 37.1 Å². The molecule has 1 aliphatic rings. The SMILES string of the molecule is C[C@H]1c2nc(-c3ccccc3)nn2CCN1C(=O)c1cncc(F)c1. The van der Waals surface area contributed by atoms with Crippen molar-refractivity contribution in [1.82, 2.24) is 24.6 Å². The van der Waals surface area contributed by atoms with Crippen molar-refractivity contribution >= 4 is 5.91 Å². The molecule has 1 amide bonds. The predicted molar refractivity (Wildman–Crippen MR) is 89.1 cm³/mol. The van der Waals surface area contributed by atoms with Gasteiger partial charge in [-0.05, 0) is 13.0 Å². The van der Waals surface area contributed by atoms with Crippen molar-refractivity contribution in [3.05, 3.63) is 66.0 Å². The monoisotopic (exact) mass is 337 g/mol. The summed E-state index contributed by atoms with van der Waals surface area (Å²) < 4.78 is 15.2. The zero-order valence-corrected chi connectivity index (χ0v) is 13.6. The van der Waals surface area contributed by atoms with Gasteiger partial charge in [0.25, 0.3) is 5.91 Å². The Labute approximate surface area is 143 Å². The number of carbonyl (C=O) groups excluding carboxylic acids is 1. The number of hydrogen-bond acceptors (Lipinski definition) is 4. The van der Waals surface area contributed by atoms with Gasteiger partial charge in [0.15, 0.2) is 5.82 Å². The minimum absolute atomic E-state index is 0.239. The van der Waals surface area contributed by atoms with Gasteiger partial charge in [-0.3, -0.25) is 9.78 Å². The molecule has 0 bridgehead atoms. The van der Waals surface area contributed by atoms with Gasteiger partial charge in [-0.1, -0.05) is 30.3 Å². The average Bonchev–Trinajstić information content (AvgIpc) is 3.08. The minimum atomic E-state index is -0.523. The van der Waals surface area contributed by atoms with E-state index in [0.717, 1.165) is 17.6 Å². The van der Waals surface area contributed by atoms with Crippen molar-refractivity contribution in [2.24, 2.45) is 0 Å². The van der Waals surface area contributed by atoms with Crippen LogP contribution in [0, 0.1) is 5.82 Å². The van der Waals surface area contributed by atoms with Crippen LogP contribution in [0.25, 0.3) is 11.4 Å². The highest BCUT2D eigenvalue weighted by atomic mass is 19.1. The van der Waals surface area contributed by atoms with Gasteiger partial charge in [0.2, 0.25) is 0 Å². The molecule has 0 saturated carbocycles. The number of halogens is 1. The van der Waals surface area contributed by atoms with E-state index in [1.165, 1.54) is 12.3 Å². The van der Waals surface area contributed by atoms with Crippen LogP contribution < -0.4 is 0 Å². The zero-order valence-electron chi connectivity index (χ0n) is 13.6. The van der Waals surface area contributed by atoms with E-state index in [1.807, 2.05) is 41.9 Å². The summed E-state index contributed by atoms with van der Waals surface area (Å²) in [6.07, 6.45) is 2.46. The van der Waals surface area contributed by atoms with Gasteiger partial charge in [-0.2, -0.15) is 5.10 Å². The molecule has 25 heavy (non-hydrogen) atoms. The Morgan fingerprint density at radius 3 is 2.76 bits per heavy atom. The number of pyridine rings is 1. The molecule has 6 nitrogen and oxygen atoms in total. The summed E-state index contributed by atoms with van der Waals surface area (Å²) in [6, 6.07) is 10.7. The lowest BCUT2D eigenvalue weighted by atomic mass is 10.1. The maximum absolute atomic E-state index is 13.4. The Hall–Kier alpha value is -3.09. The van der Waals surface area contributed by atoms with Gasteiger partial charge in [0.1, 0.15) is 11.6 Å². The normalized spacial score (nSPS) is 16.6. The second-order valence-electron chi connectivity index (χ2n) is 5.95. The highest BCUT2D eigenvalue weighted by Gasteiger charge is 2.31. The predicted octanol–water partition coefficient (Wildman–Crippen LogP) is 2.70. The highest BCUT2D eigenvalue weighted by Crippen LogP contribution is 2.27. The van der Waals surface area contributed by atoms with Crippen LogP contribution in [0.1, 0.15) is 29.1 Å². The molecule has 0 saturated heterocycles. The largest absolute Gasteiger partial charge is 0.327 e. The molecule has 3 heterocycles. The zero-order chi connectivity index (χ0) is 17.4. The third-order valence-corrected chi connectivity index (χ3v) is 4.34. The molecule has 126 valence electrons. The van der Waals surface area contributed by atoms with Crippen LogP contribution >= 0.6 is 0 Å². The molecule has 0 aliphatic carbocycles. The van der Waals surface area contributed by atoms with Crippen LogP contribution in [-0.2, 0) is 6.54 Å². The van der Waals surface area contributed by atoms with Crippen LogP contribution in [0.2, 0.25) is 0 Å².